The zero-order chi connectivity index (χ0) is 14.4. The second-order valence-electron chi connectivity index (χ2n) is 5.54. The molecule has 0 spiro atoms. The number of pyridine rings is 1. The Bertz CT molecular complexity index is 845. The van der Waals surface area contributed by atoms with Crippen molar-refractivity contribution in [2.45, 2.75) is 18.4 Å². The fourth-order valence-corrected chi connectivity index (χ4v) is 3.27. The van der Waals surface area contributed by atoms with Crippen LogP contribution in [0.25, 0.3) is 10.9 Å². The van der Waals surface area contributed by atoms with Gasteiger partial charge >= 0.3 is 0 Å². The van der Waals surface area contributed by atoms with E-state index >= 15 is 0 Å². The number of hydrogen-bond acceptors (Lipinski definition) is 2. The summed E-state index contributed by atoms with van der Waals surface area (Å²) in [6, 6.07) is 14.5. The van der Waals surface area contributed by atoms with Crippen LogP contribution in [0.2, 0.25) is 0 Å². The van der Waals surface area contributed by atoms with Gasteiger partial charge in [-0.05, 0) is 53.8 Å². The van der Waals surface area contributed by atoms with Gasteiger partial charge in [-0.2, -0.15) is 0 Å². The first kappa shape index (κ1) is 12.5. The van der Waals surface area contributed by atoms with E-state index in [1.54, 1.807) is 12.3 Å². The first-order valence-electron chi connectivity index (χ1n) is 7.04. The lowest BCUT2D eigenvalue weighted by molar-refractivity contribution is 0.0830. The van der Waals surface area contributed by atoms with Crippen molar-refractivity contribution in [1.82, 2.24) is 4.98 Å². The predicted molar refractivity (Wildman–Crippen MR) is 79.5 cm³/mol. The van der Waals surface area contributed by atoms with Gasteiger partial charge in [0.2, 0.25) is 0 Å². The zero-order valence-electron chi connectivity index (χ0n) is 11.4. The van der Waals surface area contributed by atoms with Crippen LogP contribution in [0.1, 0.15) is 23.1 Å². The van der Waals surface area contributed by atoms with Gasteiger partial charge in [0.15, 0.2) is 0 Å². The summed E-state index contributed by atoms with van der Waals surface area (Å²) in [6.45, 7) is 0. The van der Waals surface area contributed by atoms with Crippen molar-refractivity contribution in [2.75, 3.05) is 0 Å². The zero-order valence-corrected chi connectivity index (χ0v) is 11.4. The highest BCUT2D eigenvalue weighted by atomic mass is 19.1. The number of fused-ring (bicyclic) bond motifs is 2. The summed E-state index contributed by atoms with van der Waals surface area (Å²) in [5.41, 5.74) is 1.90. The van der Waals surface area contributed by atoms with Gasteiger partial charge in [-0.25, -0.2) is 4.39 Å². The fraction of sp³-hybridized carbons (Fsp3) is 0.167. The van der Waals surface area contributed by atoms with E-state index in [9.17, 15) is 9.50 Å². The minimum Gasteiger partial charge on any atom is -0.380 e. The molecule has 0 saturated heterocycles. The predicted octanol–water partition coefficient (Wildman–Crippen LogP) is 3.56. The van der Waals surface area contributed by atoms with E-state index in [0.29, 0.717) is 24.0 Å². The Morgan fingerprint density at radius 1 is 1.10 bits per heavy atom. The number of halogens is 1. The van der Waals surface area contributed by atoms with Crippen molar-refractivity contribution in [3.8, 4) is 0 Å². The van der Waals surface area contributed by atoms with E-state index in [-0.39, 0.29) is 5.82 Å². The standard InChI is InChI=1S/C18H14FNO/c19-16-5-1-4-15-14(16)8-9-18(15,21)13-6-7-17-12(11-13)3-2-10-20-17/h1-7,10-11,21H,8-9H2. The van der Waals surface area contributed by atoms with Crippen LogP contribution in [0.3, 0.4) is 0 Å². The molecule has 2 aromatic carbocycles. The summed E-state index contributed by atoms with van der Waals surface area (Å²) < 4.78 is 13.9. The van der Waals surface area contributed by atoms with Crippen LogP contribution in [0.15, 0.2) is 54.7 Å². The van der Waals surface area contributed by atoms with E-state index < -0.39 is 5.60 Å². The molecule has 104 valence electrons. The summed E-state index contributed by atoms with van der Waals surface area (Å²) in [6.07, 6.45) is 2.82. The molecule has 0 aliphatic heterocycles. The molecule has 1 aliphatic rings. The van der Waals surface area contributed by atoms with Crippen LogP contribution < -0.4 is 0 Å². The molecule has 0 radical (unpaired) electrons. The Hall–Kier alpha value is -2.26. The molecule has 0 amide bonds. The lowest BCUT2D eigenvalue weighted by Crippen LogP contribution is -2.23. The molecule has 1 atom stereocenters. The minimum atomic E-state index is -1.11. The van der Waals surface area contributed by atoms with E-state index in [2.05, 4.69) is 4.98 Å². The molecule has 0 bridgehead atoms. The highest BCUT2D eigenvalue weighted by Crippen LogP contribution is 2.43. The summed E-state index contributed by atoms with van der Waals surface area (Å²) in [7, 11) is 0. The molecule has 1 unspecified atom stereocenters. The van der Waals surface area contributed by atoms with Crippen LogP contribution in [-0.2, 0) is 12.0 Å². The van der Waals surface area contributed by atoms with Gasteiger partial charge < -0.3 is 5.11 Å². The maximum Gasteiger partial charge on any atom is 0.126 e. The van der Waals surface area contributed by atoms with Crippen LogP contribution in [0, 0.1) is 5.82 Å². The van der Waals surface area contributed by atoms with Gasteiger partial charge in [0, 0.05) is 11.6 Å². The molecular weight excluding hydrogens is 265 g/mol. The largest absolute Gasteiger partial charge is 0.380 e. The van der Waals surface area contributed by atoms with Crippen LogP contribution in [0.5, 0.6) is 0 Å². The average Bonchev–Trinajstić information content (AvgIpc) is 2.87. The van der Waals surface area contributed by atoms with Gasteiger partial charge in [-0.3, -0.25) is 4.98 Å². The van der Waals surface area contributed by atoms with E-state index in [1.807, 2.05) is 36.4 Å². The van der Waals surface area contributed by atoms with Crippen molar-refractivity contribution in [2.24, 2.45) is 0 Å². The van der Waals surface area contributed by atoms with Gasteiger partial charge in [0.1, 0.15) is 11.4 Å². The molecule has 3 aromatic rings. The molecule has 3 heteroatoms. The smallest absolute Gasteiger partial charge is 0.126 e. The second kappa shape index (κ2) is 4.37. The topological polar surface area (TPSA) is 33.1 Å². The van der Waals surface area contributed by atoms with E-state index in [1.165, 1.54) is 6.07 Å². The van der Waals surface area contributed by atoms with Crippen molar-refractivity contribution >= 4 is 10.9 Å². The summed E-state index contributed by atoms with van der Waals surface area (Å²) in [4.78, 5) is 4.29. The SMILES string of the molecule is OC1(c2ccc3ncccc3c2)CCc2c(F)cccc21. The lowest BCUT2D eigenvalue weighted by Gasteiger charge is -2.25. The van der Waals surface area contributed by atoms with Crippen molar-refractivity contribution in [1.29, 1.82) is 0 Å². The molecule has 1 aromatic heterocycles. The van der Waals surface area contributed by atoms with Gasteiger partial charge in [0.25, 0.3) is 0 Å². The summed E-state index contributed by atoms with van der Waals surface area (Å²) >= 11 is 0. The highest BCUT2D eigenvalue weighted by molar-refractivity contribution is 5.79. The number of hydrogen-bond donors (Lipinski definition) is 1. The molecule has 0 saturated carbocycles. The molecular formula is C18H14FNO. The van der Waals surface area contributed by atoms with Crippen LogP contribution in [-0.4, -0.2) is 10.1 Å². The third kappa shape index (κ3) is 1.78. The van der Waals surface area contributed by atoms with Crippen molar-refractivity contribution in [3.05, 3.63) is 77.2 Å². The minimum absolute atomic E-state index is 0.231. The number of aromatic nitrogens is 1. The lowest BCUT2D eigenvalue weighted by atomic mass is 9.87. The first-order chi connectivity index (χ1) is 10.2. The Labute approximate surface area is 121 Å². The van der Waals surface area contributed by atoms with Gasteiger partial charge in [0.05, 0.1) is 5.52 Å². The summed E-state index contributed by atoms with van der Waals surface area (Å²) in [5, 5.41) is 12.1. The molecule has 2 nitrogen and oxygen atoms in total. The third-order valence-corrected chi connectivity index (χ3v) is 4.38. The molecule has 1 N–H and O–H groups in total. The Morgan fingerprint density at radius 3 is 2.90 bits per heavy atom. The number of nitrogens with zero attached hydrogens (tertiary/aromatic N) is 1. The second-order valence-corrected chi connectivity index (χ2v) is 5.54. The van der Waals surface area contributed by atoms with Gasteiger partial charge in [-0.15, -0.1) is 0 Å². The maximum absolute atomic E-state index is 13.9. The van der Waals surface area contributed by atoms with Crippen LogP contribution >= 0.6 is 0 Å². The normalized spacial score (nSPS) is 20.7. The molecule has 21 heavy (non-hydrogen) atoms. The molecule has 1 aliphatic carbocycles. The molecule has 4 rings (SSSR count). The Morgan fingerprint density at radius 2 is 2.00 bits per heavy atom. The molecule has 0 fully saturated rings. The third-order valence-electron chi connectivity index (χ3n) is 4.38. The number of benzene rings is 2. The highest BCUT2D eigenvalue weighted by Gasteiger charge is 2.39. The van der Waals surface area contributed by atoms with Crippen molar-refractivity contribution < 1.29 is 9.50 Å². The van der Waals surface area contributed by atoms with E-state index in [0.717, 1.165) is 16.5 Å². The van der Waals surface area contributed by atoms with Gasteiger partial charge in [-0.1, -0.05) is 24.3 Å². The summed E-state index contributed by atoms with van der Waals surface area (Å²) in [5.74, 6) is -0.231. The quantitative estimate of drug-likeness (QED) is 0.739. The number of aliphatic hydroxyl groups is 1. The maximum atomic E-state index is 13.9. The van der Waals surface area contributed by atoms with Crippen molar-refractivity contribution in [3.63, 3.8) is 0 Å². The Balaban J connectivity index is 1.91. The van der Waals surface area contributed by atoms with Crippen LogP contribution in [0.4, 0.5) is 4.39 Å². The average molecular weight is 279 g/mol. The van der Waals surface area contributed by atoms with E-state index in [4.69, 9.17) is 0 Å². The Kier molecular flexibility index (Phi) is 2.59. The fourth-order valence-electron chi connectivity index (χ4n) is 3.27. The monoisotopic (exact) mass is 279 g/mol. The number of rotatable bonds is 1. The molecule has 1 heterocycles. The first-order valence-corrected chi connectivity index (χ1v) is 7.04.